The van der Waals surface area contributed by atoms with Crippen LogP contribution in [0.2, 0.25) is 0 Å². The fourth-order valence-electron chi connectivity index (χ4n) is 1.94. The smallest absolute Gasteiger partial charge is 0.193 e. The Kier molecular flexibility index (Phi) is 6.37. The molecule has 0 aliphatic heterocycles. The van der Waals surface area contributed by atoms with Crippen molar-refractivity contribution in [1.82, 2.24) is 0 Å². The first-order valence-corrected chi connectivity index (χ1v) is 6.39. The molecule has 2 aromatic carbocycles. The van der Waals surface area contributed by atoms with E-state index in [4.69, 9.17) is 10.8 Å². The Labute approximate surface area is 129 Å². The first kappa shape index (κ1) is 17.2. The van der Waals surface area contributed by atoms with Gasteiger partial charge in [0.25, 0.3) is 0 Å². The summed E-state index contributed by atoms with van der Waals surface area (Å²) in [5, 5.41) is 18.1. The van der Waals surface area contributed by atoms with Crippen LogP contribution in [-0.4, -0.2) is 28.6 Å². The van der Waals surface area contributed by atoms with Gasteiger partial charge in [-0.05, 0) is 36.2 Å². The molecule has 5 heteroatoms. The van der Waals surface area contributed by atoms with E-state index in [0.717, 1.165) is 5.56 Å². The van der Waals surface area contributed by atoms with E-state index in [0.29, 0.717) is 17.5 Å². The van der Waals surface area contributed by atoms with Gasteiger partial charge in [-0.25, -0.2) is 0 Å². The Balaban J connectivity index is 0.00000220. The van der Waals surface area contributed by atoms with Crippen molar-refractivity contribution in [2.75, 3.05) is 6.61 Å². The molecule has 0 amide bonds. The number of halogens is 1. The van der Waals surface area contributed by atoms with Gasteiger partial charge in [0.1, 0.15) is 5.75 Å². The molecule has 0 saturated carbocycles. The number of aliphatic hydroxyl groups excluding tert-OH is 1. The summed E-state index contributed by atoms with van der Waals surface area (Å²) in [7, 11) is 0. The van der Waals surface area contributed by atoms with Crippen LogP contribution in [0, 0.1) is 0 Å². The van der Waals surface area contributed by atoms with Crippen LogP contribution in [0.1, 0.15) is 21.5 Å². The number of hydrogen-bond acceptors (Lipinski definition) is 4. The predicted octanol–water partition coefficient (Wildman–Crippen LogP) is 1.91. The topological polar surface area (TPSA) is 83.5 Å². The zero-order chi connectivity index (χ0) is 14.5. The van der Waals surface area contributed by atoms with Gasteiger partial charge in [0.2, 0.25) is 0 Å². The Morgan fingerprint density at radius 2 is 1.48 bits per heavy atom. The van der Waals surface area contributed by atoms with Gasteiger partial charge in [-0.3, -0.25) is 4.79 Å². The lowest BCUT2D eigenvalue weighted by Crippen LogP contribution is -2.26. The Morgan fingerprint density at radius 3 is 1.95 bits per heavy atom. The summed E-state index contributed by atoms with van der Waals surface area (Å²) in [5.41, 5.74) is 7.76. The Bertz CT molecular complexity index is 581. The molecule has 0 spiro atoms. The van der Waals surface area contributed by atoms with Crippen molar-refractivity contribution in [2.45, 2.75) is 12.5 Å². The van der Waals surface area contributed by atoms with Crippen molar-refractivity contribution in [3.05, 3.63) is 65.2 Å². The molecule has 0 saturated heterocycles. The molecule has 112 valence electrons. The van der Waals surface area contributed by atoms with Crippen molar-refractivity contribution in [3.8, 4) is 5.75 Å². The summed E-state index contributed by atoms with van der Waals surface area (Å²) in [6, 6.07) is 13.0. The first-order chi connectivity index (χ1) is 9.60. The van der Waals surface area contributed by atoms with Crippen LogP contribution in [0.15, 0.2) is 48.5 Å². The van der Waals surface area contributed by atoms with Crippen molar-refractivity contribution in [1.29, 1.82) is 0 Å². The molecular weight excluding hydrogens is 290 g/mol. The molecule has 2 aromatic rings. The number of phenolic OH excluding ortho intramolecular Hbond substituents is 1. The van der Waals surface area contributed by atoms with Gasteiger partial charge in [-0.1, -0.05) is 24.3 Å². The Hall–Kier alpha value is -1.88. The van der Waals surface area contributed by atoms with E-state index < -0.39 is 0 Å². The monoisotopic (exact) mass is 307 g/mol. The number of benzene rings is 2. The van der Waals surface area contributed by atoms with Crippen molar-refractivity contribution in [2.24, 2.45) is 5.73 Å². The maximum absolute atomic E-state index is 12.2. The summed E-state index contributed by atoms with van der Waals surface area (Å²) in [6.45, 7) is -0.0613. The van der Waals surface area contributed by atoms with Crippen LogP contribution in [0.4, 0.5) is 0 Å². The zero-order valence-corrected chi connectivity index (χ0v) is 12.2. The highest BCUT2D eigenvalue weighted by Gasteiger charge is 2.09. The predicted molar refractivity (Wildman–Crippen MR) is 84.0 cm³/mol. The molecule has 4 N–H and O–H groups in total. The first-order valence-electron chi connectivity index (χ1n) is 6.39. The average molecular weight is 308 g/mol. The largest absolute Gasteiger partial charge is 0.508 e. The minimum Gasteiger partial charge on any atom is -0.508 e. The zero-order valence-electron chi connectivity index (χ0n) is 11.4. The highest BCUT2D eigenvalue weighted by molar-refractivity contribution is 6.09. The highest BCUT2D eigenvalue weighted by Crippen LogP contribution is 2.15. The molecule has 0 fully saturated rings. The number of rotatable bonds is 5. The third-order valence-corrected chi connectivity index (χ3v) is 3.08. The minimum atomic E-state index is -0.284. The van der Waals surface area contributed by atoms with Gasteiger partial charge in [0, 0.05) is 17.2 Å². The third-order valence-electron chi connectivity index (χ3n) is 3.08. The number of phenols is 1. The molecule has 0 bridgehead atoms. The maximum Gasteiger partial charge on any atom is 0.193 e. The second-order valence-corrected chi connectivity index (χ2v) is 4.72. The second kappa shape index (κ2) is 7.78. The molecule has 1 atom stereocenters. The van der Waals surface area contributed by atoms with Crippen LogP contribution in [0.3, 0.4) is 0 Å². The summed E-state index contributed by atoms with van der Waals surface area (Å²) in [6.07, 6.45) is 0.574. The Morgan fingerprint density at radius 1 is 1.00 bits per heavy atom. The van der Waals surface area contributed by atoms with Crippen LogP contribution in [0.5, 0.6) is 5.75 Å². The van der Waals surface area contributed by atoms with E-state index >= 15 is 0 Å². The van der Waals surface area contributed by atoms with E-state index in [9.17, 15) is 9.90 Å². The molecule has 0 aliphatic rings. The average Bonchev–Trinajstić information content (AvgIpc) is 2.48. The number of ketones is 1. The fraction of sp³-hybridized carbons (Fsp3) is 0.188. The van der Waals surface area contributed by atoms with E-state index in [1.165, 1.54) is 12.1 Å². The molecule has 0 heterocycles. The van der Waals surface area contributed by atoms with E-state index in [-0.39, 0.29) is 36.6 Å². The number of aliphatic hydroxyl groups is 1. The number of hydrogen-bond donors (Lipinski definition) is 3. The van der Waals surface area contributed by atoms with E-state index in [1.807, 2.05) is 12.1 Å². The molecule has 0 radical (unpaired) electrons. The number of aromatic hydroxyl groups is 1. The quantitative estimate of drug-likeness (QED) is 0.737. The van der Waals surface area contributed by atoms with Crippen LogP contribution >= 0.6 is 12.4 Å². The summed E-state index contributed by atoms with van der Waals surface area (Å²) >= 11 is 0. The van der Waals surface area contributed by atoms with E-state index in [1.54, 1.807) is 24.3 Å². The molecule has 21 heavy (non-hydrogen) atoms. The molecule has 2 rings (SSSR count). The second-order valence-electron chi connectivity index (χ2n) is 4.72. The lowest BCUT2D eigenvalue weighted by molar-refractivity contribution is 0.103. The summed E-state index contributed by atoms with van der Waals surface area (Å²) in [5.74, 6) is 0.0397. The van der Waals surface area contributed by atoms with Gasteiger partial charge in [0.05, 0.1) is 6.61 Å². The molecule has 0 aliphatic carbocycles. The lowest BCUT2D eigenvalue weighted by Gasteiger charge is -2.08. The van der Waals surface area contributed by atoms with Crippen molar-refractivity contribution < 1.29 is 15.0 Å². The van der Waals surface area contributed by atoms with E-state index in [2.05, 4.69) is 0 Å². The van der Waals surface area contributed by atoms with Gasteiger partial charge in [0.15, 0.2) is 5.78 Å². The summed E-state index contributed by atoms with van der Waals surface area (Å²) < 4.78 is 0. The van der Waals surface area contributed by atoms with Crippen molar-refractivity contribution in [3.63, 3.8) is 0 Å². The van der Waals surface area contributed by atoms with Crippen molar-refractivity contribution >= 4 is 18.2 Å². The van der Waals surface area contributed by atoms with Crippen LogP contribution in [0.25, 0.3) is 0 Å². The number of nitrogens with two attached hydrogens (primary N) is 1. The molecule has 0 aromatic heterocycles. The standard InChI is InChI=1S/C16H17NO3.ClH/c17-14(10-18)9-11-1-3-12(4-2-11)16(20)13-5-7-15(19)8-6-13;/h1-8,14,18-19H,9-10,17H2;1H/t14-;/m0./s1. The molecular formula is C16H18ClNO3. The third kappa shape index (κ3) is 4.56. The number of carbonyl (C=O) groups excluding carboxylic acids is 1. The molecule has 4 nitrogen and oxygen atoms in total. The normalized spacial score (nSPS) is 11.5. The van der Waals surface area contributed by atoms with Crippen LogP contribution in [-0.2, 0) is 6.42 Å². The maximum atomic E-state index is 12.2. The van der Waals surface area contributed by atoms with Gasteiger partial charge in [-0.15, -0.1) is 12.4 Å². The fourth-order valence-corrected chi connectivity index (χ4v) is 1.94. The van der Waals surface area contributed by atoms with Gasteiger partial charge >= 0.3 is 0 Å². The van der Waals surface area contributed by atoms with Gasteiger partial charge in [-0.2, -0.15) is 0 Å². The lowest BCUT2D eigenvalue weighted by atomic mass is 10.00. The summed E-state index contributed by atoms with van der Waals surface area (Å²) in [4.78, 5) is 12.2. The number of carbonyl (C=O) groups is 1. The van der Waals surface area contributed by atoms with Gasteiger partial charge < -0.3 is 15.9 Å². The minimum absolute atomic E-state index is 0. The van der Waals surface area contributed by atoms with Crippen LogP contribution < -0.4 is 5.73 Å². The highest BCUT2D eigenvalue weighted by atomic mass is 35.5. The molecule has 0 unspecified atom stereocenters. The SMILES string of the molecule is Cl.N[C@H](CO)Cc1ccc(C(=O)c2ccc(O)cc2)cc1.